The molecule has 0 aliphatic carbocycles. The molecule has 1 aliphatic rings. The van der Waals surface area contributed by atoms with Gasteiger partial charge in [-0.2, -0.15) is 0 Å². The molecule has 6 heteroatoms. The quantitative estimate of drug-likeness (QED) is 0.752. The van der Waals surface area contributed by atoms with Gasteiger partial charge in [0.25, 0.3) is 10.0 Å². The van der Waals surface area contributed by atoms with Crippen LogP contribution >= 0.6 is 0 Å². The Morgan fingerprint density at radius 1 is 1.47 bits per heavy atom. The predicted molar refractivity (Wildman–Crippen MR) is 54.8 cm³/mol. The van der Waals surface area contributed by atoms with Gasteiger partial charge in [0.15, 0.2) is 0 Å². The van der Waals surface area contributed by atoms with E-state index in [4.69, 9.17) is 4.74 Å². The Bertz CT molecular complexity index is 484. The summed E-state index contributed by atoms with van der Waals surface area (Å²) in [5.41, 5.74) is 0.746. The molecule has 0 amide bonds. The number of nitrogens with zero attached hydrogens (tertiary/aromatic N) is 1. The lowest BCUT2D eigenvalue weighted by Crippen LogP contribution is -2.43. The number of rotatable bonds is 1. The molecular weight excluding hydrogens is 216 g/mol. The molecule has 1 aliphatic heterocycles. The van der Waals surface area contributed by atoms with Crippen LogP contribution in [0.3, 0.4) is 0 Å². The highest BCUT2D eigenvalue weighted by Gasteiger charge is 2.26. The summed E-state index contributed by atoms with van der Waals surface area (Å²) in [7, 11) is -0.159. The second-order valence-corrected chi connectivity index (χ2v) is 5.05. The number of fused-ring (bicyclic) bond motifs is 1. The summed E-state index contributed by atoms with van der Waals surface area (Å²) >= 11 is 0. The third-order valence-electron chi connectivity index (χ3n) is 2.24. The van der Waals surface area contributed by atoms with Crippen molar-refractivity contribution in [1.29, 1.82) is 0 Å². The number of nitrogens with one attached hydrogen (secondary N) is 1. The number of hydrogen-bond donors (Lipinski definition) is 1. The Hall–Kier alpha value is -1.11. The predicted octanol–water partition coefficient (Wildman–Crippen LogP) is 0.334. The average Bonchev–Trinajstić information content (AvgIpc) is 2.15. The van der Waals surface area contributed by atoms with E-state index in [2.05, 4.69) is 4.83 Å². The van der Waals surface area contributed by atoms with Gasteiger partial charge in [0, 0.05) is 13.6 Å². The molecular formula is C9H12N2O3S. The molecule has 0 saturated carbocycles. The van der Waals surface area contributed by atoms with Crippen LogP contribution in [-0.4, -0.2) is 27.6 Å². The Kier molecular flexibility index (Phi) is 2.41. The van der Waals surface area contributed by atoms with Gasteiger partial charge in [0.05, 0.1) is 12.0 Å². The zero-order chi connectivity index (χ0) is 11.1. The van der Waals surface area contributed by atoms with Crippen molar-refractivity contribution in [2.45, 2.75) is 11.4 Å². The van der Waals surface area contributed by atoms with Crippen LogP contribution in [0.15, 0.2) is 23.1 Å². The minimum absolute atomic E-state index is 0.321. The lowest BCUT2D eigenvalue weighted by Gasteiger charge is -2.25. The van der Waals surface area contributed by atoms with Gasteiger partial charge in [-0.15, -0.1) is 4.83 Å². The molecule has 15 heavy (non-hydrogen) atoms. The number of sulfonamides is 1. The smallest absolute Gasteiger partial charge is 0.253 e. The van der Waals surface area contributed by atoms with Crippen LogP contribution in [0.5, 0.6) is 5.75 Å². The third-order valence-corrected chi connectivity index (χ3v) is 3.77. The van der Waals surface area contributed by atoms with Gasteiger partial charge < -0.3 is 4.74 Å². The average molecular weight is 228 g/mol. The number of benzene rings is 1. The Morgan fingerprint density at radius 3 is 2.87 bits per heavy atom. The first-order chi connectivity index (χ1) is 7.03. The Morgan fingerprint density at radius 2 is 2.20 bits per heavy atom. The van der Waals surface area contributed by atoms with Crippen LogP contribution in [0.4, 0.5) is 0 Å². The van der Waals surface area contributed by atoms with Gasteiger partial charge in [-0.05, 0) is 23.8 Å². The van der Waals surface area contributed by atoms with E-state index in [1.807, 2.05) is 0 Å². The van der Waals surface area contributed by atoms with Crippen molar-refractivity contribution in [3.05, 3.63) is 23.8 Å². The van der Waals surface area contributed by atoms with Crippen molar-refractivity contribution in [3.8, 4) is 5.75 Å². The fraction of sp³-hybridized carbons (Fsp3) is 0.333. The van der Waals surface area contributed by atoms with Crippen LogP contribution in [0, 0.1) is 0 Å². The van der Waals surface area contributed by atoms with Crippen LogP contribution < -0.4 is 9.57 Å². The molecule has 0 unspecified atom stereocenters. The molecule has 0 radical (unpaired) electrons. The van der Waals surface area contributed by atoms with Crippen molar-refractivity contribution in [1.82, 2.24) is 9.84 Å². The fourth-order valence-corrected chi connectivity index (χ4v) is 2.90. The van der Waals surface area contributed by atoms with Crippen LogP contribution in [0.25, 0.3) is 0 Å². The summed E-state index contributed by atoms with van der Waals surface area (Å²) in [6, 6.07) is 4.94. The highest BCUT2D eigenvalue weighted by molar-refractivity contribution is 7.89. The minimum atomic E-state index is -3.40. The summed E-state index contributed by atoms with van der Waals surface area (Å²) in [4.78, 5) is 2.73. The molecule has 0 aromatic heterocycles. The van der Waals surface area contributed by atoms with E-state index in [1.165, 1.54) is 5.01 Å². The van der Waals surface area contributed by atoms with Gasteiger partial charge in [-0.1, -0.05) is 0 Å². The van der Waals surface area contributed by atoms with Gasteiger partial charge in [0.1, 0.15) is 5.75 Å². The molecule has 0 fully saturated rings. The van der Waals surface area contributed by atoms with Gasteiger partial charge in [-0.3, -0.25) is 0 Å². The number of hydrogen-bond acceptors (Lipinski definition) is 4. The minimum Gasteiger partial charge on any atom is -0.497 e. The molecule has 1 N–H and O–H groups in total. The van der Waals surface area contributed by atoms with Crippen molar-refractivity contribution >= 4 is 10.0 Å². The van der Waals surface area contributed by atoms with Crippen LogP contribution in [0.2, 0.25) is 0 Å². The maximum atomic E-state index is 11.7. The summed E-state index contributed by atoms with van der Waals surface area (Å²) in [6.07, 6.45) is 0. The third kappa shape index (κ3) is 1.83. The number of ether oxygens (including phenoxy) is 1. The van der Waals surface area contributed by atoms with Gasteiger partial charge in [0.2, 0.25) is 0 Å². The lowest BCUT2D eigenvalue weighted by atomic mass is 10.2. The normalized spacial score (nSPS) is 19.6. The van der Waals surface area contributed by atoms with E-state index < -0.39 is 10.0 Å². The summed E-state index contributed by atoms with van der Waals surface area (Å²) in [5, 5.41) is 1.52. The zero-order valence-corrected chi connectivity index (χ0v) is 9.34. The van der Waals surface area contributed by atoms with Crippen molar-refractivity contribution in [2.24, 2.45) is 0 Å². The van der Waals surface area contributed by atoms with Gasteiger partial charge >= 0.3 is 0 Å². The molecule has 0 spiro atoms. The largest absolute Gasteiger partial charge is 0.497 e. The van der Waals surface area contributed by atoms with E-state index in [9.17, 15) is 8.42 Å². The molecule has 5 nitrogen and oxygen atoms in total. The van der Waals surface area contributed by atoms with Gasteiger partial charge in [-0.25, -0.2) is 13.4 Å². The van der Waals surface area contributed by atoms with Crippen molar-refractivity contribution in [2.75, 3.05) is 14.2 Å². The van der Waals surface area contributed by atoms with Crippen LogP contribution in [0.1, 0.15) is 5.56 Å². The Balaban J connectivity index is 2.57. The van der Waals surface area contributed by atoms with E-state index in [-0.39, 0.29) is 0 Å². The molecule has 82 valence electrons. The maximum absolute atomic E-state index is 11.7. The molecule has 0 saturated heterocycles. The molecule has 1 aromatic rings. The van der Waals surface area contributed by atoms with E-state index in [0.717, 1.165) is 5.56 Å². The first kappa shape index (κ1) is 10.4. The summed E-state index contributed by atoms with van der Waals surface area (Å²) in [6.45, 7) is 0.533. The molecule has 0 atom stereocenters. The summed E-state index contributed by atoms with van der Waals surface area (Å²) < 4.78 is 28.4. The highest BCUT2D eigenvalue weighted by atomic mass is 32.2. The Labute approximate surface area is 88.7 Å². The standard InChI is InChI=1S/C9H12N2O3S/c1-11-6-7-5-8(14-2)3-4-9(7)15(12,13)10-11/h3-5,10H,6H2,1-2H3. The second-order valence-electron chi connectivity index (χ2n) is 3.42. The highest BCUT2D eigenvalue weighted by Crippen LogP contribution is 2.25. The number of hydrazine groups is 1. The topological polar surface area (TPSA) is 58.6 Å². The summed E-state index contributed by atoms with van der Waals surface area (Å²) in [5.74, 6) is 0.666. The first-order valence-corrected chi connectivity index (χ1v) is 5.92. The SMILES string of the molecule is COc1ccc2c(c1)CN(C)NS2(=O)=O. The van der Waals surface area contributed by atoms with E-state index in [1.54, 1.807) is 32.4 Å². The lowest BCUT2D eigenvalue weighted by molar-refractivity contribution is 0.276. The monoisotopic (exact) mass is 228 g/mol. The molecule has 1 heterocycles. The zero-order valence-electron chi connectivity index (χ0n) is 8.52. The van der Waals surface area contributed by atoms with Crippen molar-refractivity contribution in [3.63, 3.8) is 0 Å². The fourth-order valence-electron chi connectivity index (χ4n) is 1.61. The molecule has 1 aromatic carbocycles. The maximum Gasteiger partial charge on any atom is 0.253 e. The van der Waals surface area contributed by atoms with E-state index in [0.29, 0.717) is 17.2 Å². The second kappa shape index (κ2) is 3.48. The van der Waals surface area contributed by atoms with Crippen molar-refractivity contribution < 1.29 is 13.2 Å². The first-order valence-electron chi connectivity index (χ1n) is 4.43. The molecule has 2 rings (SSSR count). The number of methoxy groups -OCH3 is 1. The van der Waals surface area contributed by atoms with Crippen LogP contribution in [-0.2, 0) is 16.6 Å². The molecule has 0 bridgehead atoms. The van der Waals surface area contributed by atoms with E-state index >= 15 is 0 Å².